The second-order valence-corrected chi connectivity index (χ2v) is 5.28. The van der Waals surface area contributed by atoms with Crippen LogP contribution in [0.15, 0.2) is 12.1 Å². The molecule has 0 atom stereocenters. The zero-order valence-corrected chi connectivity index (χ0v) is 12.2. The molecule has 0 radical (unpaired) electrons. The minimum atomic E-state index is 0.0540. The molecule has 0 unspecified atom stereocenters. The summed E-state index contributed by atoms with van der Waals surface area (Å²) in [4.78, 5) is 13.8. The number of amides is 1. The van der Waals surface area contributed by atoms with E-state index in [1.54, 1.807) is 0 Å². The van der Waals surface area contributed by atoms with Gasteiger partial charge in [0.1, 0.15) is 5.75 Å². The van der Waals surface area contributed by atoms with Crippen molar-refractivity contribution in [2.75, 3.05) is 32.8 Å². The van der Waals surface area contributed by atoms with Crippen molar-refractivity contribution in [3.8, 4) is 5.75 Å². The predicted octanol–water partition coefficient (Wildman–Crippen LogP) is 0.741. The normalized spacial score (nSPS) is 15.4. The summed E-state index contributed by atoms with van der Waals surface area (Å²) in [6, 6.07) is 3.74. The summed E-state index contributed by atoms with van der Waals surface area (Å²) in [5, 5.41) is 2.97. The third kappa shape index (κ3) is 3.61. The Morgan fingerprint density at radius 3 is 2.47 bits per heavy atom. The summed E-state index contributed by atoms with van der Waals surface area (Å²) in [7, 11) is 0. The van der Waals surface area contributed by atoms with Crippen molar-refractivity contribution in [3.63, 3.8) is 0 Å². The second-order valence-electron chi connectivity index (χ2n) is 4.91. The SMILES string of the molecule is Cc1cc(OCC(=O)N2CC[NH2+]CC2)cc(C)c1Cl. The van der Waals surface area contributed by atoms with Crippen LogP contribution in [0.5, 0.6) is 5.75 Å². The smallest absolute Gasteiger partial charge is 0.260 e. The lowest BCUT2D eigenvalue weighted by Crippen LogP contribution is -2.90. The number of benzene rings is 1. The van der Waals surface area contributed by atoms with Gasteiger partial charge >= 0.3 is 0 Å². The lowest BCUT2D eigenvalue weighted by atomic mass is 10.1. The van der Waals surface area contributed by atoms with Gasteiger partial charge in [-0.05, 0) is 37.1 Å². The van der Waals surface area contributed by atoms with E-state index < -0.39 is 0 Å². The maximum absolute atomic E-state index is 12.0. The highest BCUT2D eigenvalue weighted by molar-refractivity contribution is 6.32. The molecule has 1 amide bonds. The number of rotatable bonds is 3. The van der Waals surface area contributed by atoms with Gasteiger partial charge in [-0.2, -0.15) is 0 Å². The molecule has 104 valence electrons. The fourth-order valence-corrected chi connectivity index (χ4v) is 2.33. The van der Waals surface area contributed by atoms with Gasteiger partial charge in [0.15, 0.2) is 6.61 Å². The van der Waals surface area contributed by atoms with Crippen molar-refractivity contribution >= 4 is 17.5 Å². The van der Waals surface area contributed by atoms with E-state index in [9.17, 15) is 4.79 Å². The largest absolute Gasteiger partial charge is 0.484 e. The highest BCUT2D eigenvalue weighted by Crippen LogP contribution is 2.25. The van der Waals surface area contributed by atoms with E-state index in [0.717, 1.165) is 42.3 Å². The molecule has 0 saturated carbocycles. The highest BCUT2D eigenvalue weighted by Gasteiger charge is 2.18. The quantitative estimate of drug-likeness (QED) is 0.889. The maximum Gasteiger partial charge on any atom is 0.260 e. The van der Waals surface area contributed by atoms with Crippen LogP contribution in [0.2, 0.25) is 5.02 Å². The summed E-state index contributed by atoms with van der Waals surface area (Å²) < 4.78 is 5.58. The van der Waals surface area contributed by atoms with Crippen LogP contribution in [-0.4, -0.2) is 43.6 Å². The number of carbonyl (C=O) groups is 1. The van der Waals surface area contributed by atoms with Crippen molar-refractivity contribution in [3.05, 3.63) is 28.3 Å². The highest BCUT2D eigenvalue weighted by atomic mass is 35.5. The minimum Gasteiger partial charge on any atom is -0.484 e. The van der Waals surface area contributed by atoms with E-state index in [4.69, 9.17) is 16.3 Å². The Hall–Kier alpha value is -1.26. The van der Waals surface area contributed by atoms with E-state index in [2.05, 4.69) is 5.32 Å². The van der Waals surface area contributed by atoms with Gasteiger partial charge in [0.2, 0.25) is 0 Å². The molecule has 1 fully saturated rings. The first-order valence-corrected chi connectivity index (χ1v) is 6.94. The molecule has 1 heterocycles. The van der Waals surface area contributed by atoms with Crippen LogP contribution < -0.4 is 10.1 Å². The molecule has 4 nitrogen and oxygen atoms in total. The molecule has 2 rings (SSSR count). The zero-order chi connectivity index (χ0) is 13.8. The Kier molecular flexibility index (Phi) is 4.66. The summed E-state index contributed by atoms with van der Waals surface area (Å²) in [6.07, 6.45) is 0. The lowest BCUT2D eigenvalue weighted by molar-refractivity contribution is -0.662. The van der Waals surface area contributed by atoms with Gasteiger partial charge in [0.25, 0.3) is 5.91 Å². The number of nitrogens with two attached hydrogens (primary N) is 1. The first-order chi connectivity index (χ1) is 9.08. The Morgan fingerprint density at radius 1 is 1.32 bits per heavy atom. The van der Waals surface area contributed by atoms with E-state index in [1.165, 1.54) is 0 Å². The molecule has 5 heteroatoms. The average molecular weight is 284 g/mol. The second kappa shape index (κ2) is 6.26. The van der Waals surface area contributed by atoms with Crippen LogP contribution in [0.4, 0.5) is 0 Å². The monoisotopic (exact) mass is 283 g/mol. The molecule has 1 saturated heterocycles. The predicted molar refractivity (Wildman–Crippen MR) is 74.7 cm³/mol. The van der Waals surface area contributed by atoms with Gasteiger partial charge in [-0.1, -0.05) is 11.6 Å². The molecule has 0 bridgehead atoms. The van der Waals surface area contributed by atoms with Gasteiger partial charge in [-0.25, -0.2) is 0 Å². The number of quaternary nitrogens is 1. The maximum atomic E-state index is 12.0. The fraction of sp³-hybridized carbons (Fsp3) is 0.500. The minimum absolute atomic E-state index is 0.0540. The van der Waals surface area contributed by atoms with E-state index in [1.807, 2.05) is 30.9 Å². The van der Waals surface area contributed by atoms with Crippen LogP contribution in [-0.2, 0) is 4.79 Å². The molecular formula is C14H20ClN2O2+. The third-order valence-electron chi connectivity index (χ3n) is 3.33. The first-order valence-electron chi connectivity index (χ1n) is 6.57. The molecule has 2 N–H and O–H groups in total. The molecule has 0 aliphatic carbocycles. The van der Waals surface area contributed by atoms with E-state index in [0.29, 0.717) is 5.75 Å². The van der Waals surface area contributed by atoms with Gasteiger partial charge < -0.3 is 15.0 Å². The van der Waals surface area contributed by atoms with Crippen molar-refractivity contribution in [2.45, 2.75) is 13.8 Å². The van der Waals surface area contributed by atoms with Crippen LogP contribution in [0.25, 0.3) is 0 Å². The Bertz CT molecular complexity index is 448. The number of hydrogen-bond acceptors (Lipinski definition) is 2. The lowest BCUT2D eigenvalue weighted by Gasteiger charge is -2.25. The Labute approximate surface area is 118 Å². The molecule has 1 aromatic carbocycles. The number of ether oxygens (including phenoxy) is 1. The van der Waals surface area contributed by atoms with Gasteiger partial charge in [-0.15, -0.1) is 0 Å². The summed E-state index contributed by atoms with van der Waals surface area (Å²) in [5.41, 5.74) is 1.94. The van der Waals surface area contributed by atoms with Crippen molar-refractivity contribution < 1.29 is 14.8 Å². The topological polar surface area (TPSA) is 46.1 Å². The number of piperazine rings is 1. The molecule has 1 aliphatic heterocycles. The molecule has 0 aromatic heterocycles. The average Bonchev–Trinajstić information content (AvgIpc) is 2.43. The zero-order valence-electron chi connectivity index (χ0n) is 11.4. The van der Waals surface area contributed by atoms with E-state index in [-0.39, 0.29) is 12.5 Å². The number of halogens is 1. The fourth-order valence-electron chi connectivity index (χ4n) is 2.23. The first kappa shape index (κ1) is 14.2. The van der Waals surface area contributed by atoms with Crippen LogP contribution in [0.3, 0.4) is 0 Å². The van der Waals surface area contributed by atoms with Gasteiger partial charge in [-0.3, -0.25) is 4.79 Å². The number of nitrogens with zero attached hydrogens (tertiary/aromatic N) is 1. The summed E-state index contributed by atoms with van der Waals surface area (Å²) in [5.74, 6) is 0.759. The number of carbonyl (C=O) groups excluding carboxylic acids is 1. The van der Waals surface area contributed by atoms with E-state index >= 15 is 0 Å². The number of aryl methyl sites for hydroxylation is 2. The molecule has 1 aliphatic rings. The van der Waals surface area contributed by atoms with Crippen LogP contribution in [0.1, 0.15) is 11.1 Å². The van der Waals surface area contributed by atoms with Crippen molar-refractivity contribution in [1.82, 2.24) is 4.90 Å². The van der Waals surface area contributed by atoms with Gasteiger partial charge in [0.05, 0.1) is 26.2 Å². The Morgan fingerprint density at radius 2 is 1.89 bits per heavy atom. The molecule has 0 spiro atoms. The third-order valence-corrected chi connectivity index (χ3v) is 3.93. The van der Waals surface area contributed by atoms with Crippen LogP contribution in [0, 0.1) is 13.8 Å². The standard InChI is InChI=1S/C14H19ClN2O2/c1-10-7-12(8-11(2)14(10)15)19-9-13(18)17-5-3-16-4-6-17/h7-8,16H,3-6,9H2,1-2H3/p+1. The van der Waals surface area contributed by atoms with Crippen molar-refractivity contribution in [1.29, 1.82) is 0 Å². The molecule has 1 aromatic rings. The Balaban J connectivity index is 1.93. The number of hydrogen-bond donors (Lipinski definition) is 1. The molecular weight excluding hydrogens is 264 g/mol. The summed E-state index contributed by atoms with van der Waals surface area (Å²) >= 11 is 6.10. The van der Waals surface area contributed by atoms with Gasteiger partial charge in [0, 0.05) is 5.02 Å². The molecule has 19 heavy (non-hydrogen) atoms. The van der Waals surface area contributed by atoms with Crippen LogP contribution >= 0.6 is 11.6 Å². The summed E-state index contributed by atoms with van der Waals surface area (Å²) in [6.45, 7) is 7.53. The van der Waals surface area contributed by atoms with Crippen molar-refractivity contribution in [2.24, 2.45) is 0 Å².